The molecule has 1 amide bonds. The van der Waals surface area contributed by atoms with E-state index in [9.17, 15) is 4.79 Å². The Morgan fingerprint density at radius 1 is 1.44 bits per heavy atom. The number of nitrogens with zero attached hydrogens (tertiary/aromatic N) is 1. The van der Waals surface area contributed by atoms with E-state index in [-0.39, 0.29) is 5.91 Å². The first kappa shape index (κ1) is 10.9. The van der Waals surface area contributed by atoms with Crippen LogP contribution in [0.4, 0.5) is 0 Å². The van der Waals surface area contributed by atoms with E-state index in [0.717, 1.165) is 10.2 Å². The molecule has 0 saturated heterocycles. The number of carbonyl (C=O) groups is 1. The molecule has 0 aliphatic rings. The molecule has 4 nitrogen and oxygen atoms in total. The lowest BCUT2D eigenvalue weighted by Crippen LogP contribution is -2.22. The summed E-state index contributed by atoms with van der Waals surface area (Å²) in [6.07, 6.45) is 5.21. The van der Waals surface area contributed by atoms with Crippen molar-refractivity contribution in [2.45, 2.75) is 6.54 Å². The highest BCUT2D eigenvalue weighted by molar-refractivity contribution is 9.10. The molecule has 0 radical (unpaired) electrons. The van der Waals surface area contributed by atoms with Crippen molar-refractivity contribution in [2.24, 2.45) is 0 Å². The van der Waals surface area contributed by atoms with Crippen molar-refractivity contribution < 1.29 is 4.79 Å². The first-order chi connectivity index (χ1) is 7.75. The van der Waals surface area contributed by atoms with Crippen LogP contribution in [0, 0.1) is 0 Å². The monoisotopic (exact) mass is 279 g/mol. The molecule has 82 valence electrons. The maximum Gasteiger partial charge on any atom is 0.253 e. The number of carbonyl (C=O) groups excluding carboxylic acids is 1. The zero-order valence-electron chi connectivity index (χ0n) is 8.40. The molecule has 0 unspecified atom stereocenters. The molecule has 0 fully saturated rings. The number of rotatable bonds is 3. The van der Waals surface area contributed by atoms with Crippen LogP contribution in [0.15, 0.2) is 41.4 Å². The summed E-state index contributed by atoms with van der Waals surface area (Å²) in [6.45, 7) is 0.512. The number of aromatic nitrogens is 2. The maximum atomic E-state index is 11.7. The zero-order chi connectivity index (χ0) is 11.4. The molecule has 0 aromatic carbocycles. The lowest BCUT2D eigenvalue weighted by molar-refractivity contribution is 0.0950. The predicted octanol–water partition coefficient (Wildman–Crippen LogP) is 2.10. The molecule has 2 N–H and O–H groups in total. The van der Waals surface area contributed by atoms with Crippen LogP contribution < -0.4 is 5.32 Å². The topological polar surface area (TPSA) is 57.8 Å². The number of aromatic amines is 1. The van der Waals surface area contributed by atoms with E-state index in [0.29, 0.717) is 12.1 Å². The normalized spacial score (nSPS) is 10.1. The lowest BCUT2D eigenvalue weighted by Gasteiger charge is -2.03. The van der Waals surface area contributed by atoms with Gasteiger partial charge in [-0.05, 0) is 39.7 Å². The number of hydrogen-bond acceptors (Lipinski definition) is 2. The van der Waals surface area contributed by atoms with E-state index >= 15 is 0 Å². The van der Waals surface area contributed by atoms with Gasteiger partial charge in [0, 0.05) is 25.1 Å². The van der Waals surface area contributed by atoms with E-state index in [1.165, 1.54) is 6.20 Å². The molecular formula is C11H10BrN3O. The molecule has 0 spiro atoms. The van der Waals surface area contributed by atoms with Crippen molar-refractivity contribution in [3.05, 3.63) is 52.5 Å². The Morgan fingerprint density at radius 2 is 2.31 bits per heavy atom. The molecule has 0 atom stereocenters. The summed E-state index contributed by atoms with van der Waals surface area (Å²) < 4.78 is 0.717. The first-order valence-electron chi connectivity index (χ1n) is 4.77. The molecule has 2 heterocycles. The fourth-order valence-corrected chi connectivity index (χ4v) is 1.50. The number of hydrogen-bond donors (Lipinski definition) is 2. The van der Waals surface area contributed by atoms with Gasteiger partial charge in [-0.2, -0.15) is 0 Å². The van der Waals surface area contributed by atoms with E-state index in [2.05, 4.69) is 31.2 Å². The second-order valence-electron chi connectivity index (χ2n) is 3.27. The molecule has 2 aromatic rings. The van der Waals surface area contributed by atoms with Gasteiger partial charge in [-0.3, -0.25) is 4.79 Å². The van der Waals surface area contributed by atoms with Crippen molar-refractivity contribution in [2.75, 3.05) is 0 Å². The van der Waals surface area contributed by atoms with Gasteiger partial charge in [0.05, 0.1) is 5.56 Å². The molecular weight excluding hydrogens is 270 g/mol. The number of nitrogens with one attached hydrogen (secondary N) is 2. The maximum absolute atomic E-state index is 11.7. The van der Waals surface area contributed by atoms with Crippen LogP contribution in [-0.2, 0) is 6.54 Å². The number of amides is 1. The van der Waals surface area contributed by atoms with E-state index in [1.807, 2.05) is 18.5 Å². The van der Waals surface area contributed by atoms with Gasteiger partial charge in [0.15, 0.2) is 0 Å². The van der Waals surface area contributed by atoms with Crippen molar-refractivity contribution >= 4 is 21.8 Å². The SMILES string of the molecule is O=C(NCc1cc[nH]c1)c1ccc(Br)nc1. The van der Waals surface area contributed by atoms with Crippen LogP contribution in [0.3, 0.4) is 0 Å². The Hall–Kier alpha value is -1.62. The van der Waals surface area contributed by atoms with Crippen LogP contribution in [-0.4, -0.2) is 15.9 Å². The van der Waals surface area contributed by atoms with Gasteiger partial charge in [-0.15, -0.1) is 0 Å². The quantitative estimate of drug-likeness (QED) is 0.846. The first-order valence-corrected chi connectivity index (χ1v) is 5.56. The fraction of sp³-hybridized carbons (Fsp3) is 0.0909. The average Bonchev–Trinajstić information content (AvgIpc) is 2.80. The third kappa shape index (κ3) is 2.70. The number of H-pyrrole nitrogens is 1. The Labute approximate surface area is 101 Å². The van der Waals surface area contributed by atoms with Crippen LogP contribution >= 0.6 is 15.9 Å². The molecule has 0 aliphatic heterocycles. The fourth-order valence-electron chi connectivity index (χ4n) is 1.26. The van der Waals surface area contributed by atoms with E-state index < -0.39 is 0 Å². The highest BCUT2D eigenvalue weighted by Gasteiger charge is 2.05. The number of pyridine rings is 1. The van der Waals surface area contributed by atoms with Gasteiger partial charge in [-0.25, -0.2) is 4.98 Å². The Bertz CT molecular complexity index is 464. The molecule has 0 bridgehead atoms. The lowest BCUT2D eigenvalue weighted by atomic mass is 10.2. The van der Waals surface area contributed by atoms with Gasteiger partial charge < -0.3 is 10.3 Å². The zero-order valence-corrected chi connectivity index (χ0v) is 9.99. The molecule has 5 heteroatoms. The summed E-state index contributed by atoms with van der Waals surface area (Å²) in [5.41, 5.74) is 1.59. The van der Waals surface area contributed by atoms with Crippen LogP contribution in [0.1, 0.15) is 15.9 Å². The van der Waals surface area contributed by atoms with Gasteiger partial charge in [0.1, 0.15) is 4.60 Å². The van der Waals surface area contributed by atoms with Crippen LogP contribution in [0.25, 0.3) is 0 Å². The highest BCUT2D eigenvalue weighted by atomic mass is 79.9. The Balaban J connectivity index is 1.95. The van der Waals surface area contributed by atoms with Crippen LogP contribution in [0.5, 0.6) is 0 Å². The van der Waals surface area contributed by atoms with Gasteiger partial charge in [-0.1, -0.05) is 0 Å². The summed E-state index contributed by atoms with van der Waals surface area (Å²) in [4.78, 5) is 18.6. The van der Waals surface area contributed by atoms with Crippen molar-refractivity contribution in [3.63, 3.8) is 0 Å². The second-order valence-corrected chi connectivity index (χ2v) is 4.08. The van der Waals surface area contributed by atoms with Crippen molar-refractivity contribution in [1.82, 2.24) is 15.3 Å². The van der Waals surface area contributed by atoms with E-state index in [4.69, 9.17) is 0 Å². The average molecular weight is 280 g/mol. The van der Waals surface area contributed by atoms with Crippen LogP contribution in [0.2, 0.25) is 0 Å². The largest absolute Gasteiger partial charge is 0.367 e. The van der Waals surface area contributed by atoms with Crippen molar-refractivity contribution in [1.29, 1.82) is 0 Å². The Kier molecular flexibility index (Phi) is 3.36. The smallest absolute Gasteiger partial charge is 0.253 e. The summed E-state index contributed by atoms with van der Waals surface area (Å²) >= 11 is 3.22. The number of halogens is 1. The predicted molar refractivity (Wildman–Crippen MR) is 63.9 cm³/mol. The highest BCUT2D eigenvalue weighted by Crippen LogP contribution is 2.06. The molecule has 0 saturated carbocycles. The van der Waals surface area contributed by atoms with Gasteiger partial charge >= 0.3 is 0 Å². The molecule has 2 rings (SSSR count). The minimum Gasteiger partial charge on any atom is -0.367 e. The summed E-state index contributed by atoms with van der Waals surface area (Å²) in [7, 11) is 0. The third-order valence-corrected chi connectivity index (χ3v) is 2.57. The van der Waals surface area contributed by atoms with E-state index in [1.54, 1.807) is 12.1 Å². The summed E-state index contributed by atoms with van der Waals surface area (Å²) in [5.74, 6) is -0.124. The van der Waals surface area contributed by atoms with Gasteiger partial charge in [0.2, 0.25) is 0 Å². The summed E-state index contributed by atoms with van der Waals surface area (Å²) in [6, 6.07) is 5.38. The standard InChI is InChI=1S/C11H10BrN3O/c12-10-2-1-9(7-14-10)11(16)15-6-8-3-4-13-5-8/h1-5,7,13H,6H2,(H,15,16). The second kappa shape index (κ2) is 4.94. The minimum absolute atomic E-state index is 0.124. The Morgan fingerprint density at radius 3 is 2.94 bits per heavy atom. The molecule has 16 heavy (non-hydrogen) atoms. The molecule has 0 aliphatic carbocycles. The third-order valence-electron chi connectivity index (χ3n) is 2.11. The minimum atomic E-state index is -0.124. The van der Waals surface area contributed by atoms with Gasteiger partial charge in [0.25, 0.3) is 5.91 Å². The summed E-state index contributed by atoms with van der Waals surface area (Å²) in [5, 5.41) is 2.81. The van der Waals surface area contributed by atoms with Crippen molar-refractivity contribution in [3.8, 4) is 0 Å². The molecule has 2 aromatic heterocycles.